The van der Waals surface area contributed by atoms with E-state index < -0.39 is 5.97 Å². The Morgan fingerprint density at radius 1 is 1.48 bits per heavy atom. The van der Waals surface area contributed by atoms with Crippen molar-refractivity contribution >= 4 is 5.97 Å². The van der Waals surface area contributed by atoms with Crippen molar-refractivity contribution in [2.45, 2.75) is 39.9 Å². The lowest BCUT2D eigenvalue weighted by molar-refractivity contribution is 0.0659. The molecule has 0 saturated carbocycles. The third-order valence-electron chi connectivity index (χ3n) is 3.39. The van der Waals surface area contributed by atoms with Gasteiger partial charge < -0.3 is 19.4 Å². The Morgan fingerprint density at radius 2 is 2.24 bits per heavy atom. The average Bonchev–Trinajstić information content (AvgIpc) is 3.04. The van der Waals surface area contributed by atoms with E-state index in [0.717, 1.165) is 6.54 Å². The maximum atomic E-state index is 10.8. The first-order chi connectivity index (χ1) is 9.86. The molecule has 0 radical (unpaired) electrons. The lowest BCUT2D eigenvalue weighted by atomic mass is 9.86. The zero-order valence-corrected chi connectivity index (χ0v) is 12.5. The minimum Gasteiger partial charge on any atom is -0.475 e. The highest BCUT2D eigenvalue weighted by Gasteiger charge is 2.24. The van der Waals surface area contributed by atoms with Gasteiger partial charge in [0, 0.05) is 25.0 Å². The molecule has 1 atom stereocenters. The molecule has 0 spiro atoms. The van der Waals surface area contributed by atoms with E-state index in [0.29, 0.717) is 12.3 Å². The average molecular weight is 291 g/mol. The number of hydrogen-bond donors (Lipinski definition) is 2. The van der Waals surface area contributed by atoms with Gasteiger partial charge in [0.25, 0.3) is 0 Å². The van der Waals surface area contributed by atoms with Gasteiger partial charge in [-0.15, -0.1) is 0 Å². The van der Waals surface area contributed by atoms with E-state index in [4.69, 9.17) is 9.52 Å². The SMILES string of the molecule is CC(C)(C)C(Cn1ccnc1)NCc1ccc(C(=O)O)o1. The lowest BCUT2D eigenvalue weighted by Gasteiger charge is -2.31. The molecule has 1 unspecified atom stereocenters. The van der Waals surface area contributed by atoms with Gasteiger partial charge in [0.15, 0.2) is 0 Å². The van der Waals surface area contributed by atoms with E-state index in [1.54, 1.807) is 18.6 Å². The van der Waals surface area contributed by atoms with Crippen LogP contribution in [0.1, 0.15) is 37.1 Å². The fourth-order valence-corrected chi connectivity index (χ4v) is 2.06. The summed E-state index contributed by atoms with van der Waals surface area (Å²) >= 11 is 0. The molecule has 2 aromatic rings. The highest BCUT2D eigenvalue weighted by atomic mass is 16.4. The number of aromatic nitrogens is 2. The number of rotatable bonds is 6. The van der Waals surface area contributed by atoms with Gasteiger partial charge in [0.05, 0.1) is 12.9 Å². The summed E-state index contributed by atoms with van der Waals surface area (Å²) in [6.45, 7) is 7.76. The Bertz CT molecular complexity index is 582. The molecule has 2 aromatic heterocycles. The molecule has 0 bridgehead atoms. The molecular formula is C15H21N3O3. The van der Waals surface area contributed by atoms with E-state index in [1.807, 2.05) is 10.8 Å². The first-order valence-electron chi connectivity index (χ1n) is 6.87. The van der Waals surface area contributed by atoms with Crippen LogP contribution in [0.2, 0.25) is 0 Å². The van der Waals surface area contributed by atoms with Crippen LogP contribution in [0.25, 0.3) is 0 Å². The van der Waals surface area contributed by atoms with Gasteiger partial charge in [-0.2, -0.15) is 0 Å². The first-order valence-corrected chi connectivity index (χ1v) is 6.87. The number of carboxylic acids is 1. The maximum absolute atomic E-state index is 10.8. The molecule has 0 aliphatic carbocycles. The minimum absolute atomic E-state index is 0.0336. The van der Waals surface area contributed by atoms with Crippen LogP contribution in [0.4, 0.5) is 0 Å². The van der Waals surface area contributed by atoms with Crippen LogP contribution in [0.3, 0.4) is 0 Å². The third kappa shape index (κ3) is 4.19. The minimum atomic E-state index is -1.05. The number of furan rings is 1. The molecule has 0 aromatic carbocycles. The molecule has 2 N–H and O–H groups in total. The number of nitrogens with one attached hydrogen (secondary N) is 1. The van der Waals surface area contributed by atoms with Gasteiger partial charge in [0.1, 0.15) is 5.76 Å². The number of hydrogen-bond acceptors (Lipinski definition) is 4. The second-order valence-corrected chi connectivity index (χ2v) is 6.13. The molecule has 6 heteroatoms. The Balaban J connectivity index is 2.00. The Morgan fingerprint density at radius 3 is 2.76 bits per heavy atom. The highest BCUT2D eigenvalue weighted by Crippen LogP contribution is 2.21. The molecule has 0 aliphatic rings. The molecular weight excluding hydrogens is 270 g/mol. The van der Waals surface area contributed by atoms with Gasteiger partial charge in [-0.05, 0) is 17.5 Å². The summed E-state index contributed by atoms with van der Waals surface area (Å²) in [6.07, 6.45) is 5.47. The van der Waals surface area contributed by atoms with Gasteiger partial charge in [-0.25, -0.2) is 9.78 Å². The summed E-state index contributed by atoms with van der Waals surface area (Å²) in [4.78, 5) is 14.8. The van der Waals surface area contributed by atoms with Crippen LogP contribution in [-0.4, -0.2) is 26.7 Å². The molecule has 21 heavy (non-hydrogen) atoms. The van der Waals surface area contributed by atoms with Crippen molar-refractivity contribution in [3.8, 4) is 0 Å². The fraction of sp³-hybridized carbons (Fsp3) is 0.467. The zero-order valence-electron chi connectivity index (χ0n) is 12.5. The van der Waals surface area contributed by atoms with E-state index in [-0.39, 0.29) is 17.2 Å². The van der Waals surface area contributed by atoms with Crippen LogP contribution in [0.15, 0.2) is 35.3 Å². The summed E-state index contributed by atoms with van der Waals surface area (Å²) < 4.78 is 7.28. The van der Waals surface area contributed by atoms with Crippen molar-refractivity contribution in [3.63, 3.8) is 0 Å². The number of aromatic carboxylic acids is 1. The van der Waals surface area contributed by atoms with Crippen LogP contribution in [0.5, 0.6) is 0 Å². The summed E-state index contributed by atoms with van der Waals surface area (Å²) in [7, 11) is 0. The van der Waals surface area contributed by atoms with Gasteiger partial charge in [-0.3, -0.25) is 0 Å². The molecule has 2 heterocycles. The molecule has 0 amide bonds. The largest absolute Gasteiger partial charge is 0.475 e. The quantitative estimate of drug-likeness (QED) is 0.854. The molecule has 0 aliphatic heterocycles. The summed E-state index contributed by atoms with van der Waals surface area (Å²) in [5.74, 6) is -0.465. The van der Waals surface area contributed by atoms with Crippen molar-refractivity contribution in [2.24, 2.45) is 5.41 Å². The number of carboxylic acid groups (broad SMARTS) is 1. The van der Waals surface area contributed by atoms with Crippen LogP contribution in [-0.2, 0) is 13.1 Å². The normalized spacial score (nSPS) is 13.3. The van der Waals surface area contributed by atoms with Crippen molar-refractivity contribution in [3.05, 3.63) is 42.4 Å². The number of carbonyl (C=O) groups is 1. The van der Waals surface area contributed by atoms with Crippen molar-refractivity contribution in [1.82, 2.24) is 14.9 Å². The van der Waals surface area contributed by atoms with Crippen molar-refractivity contribution in [1.29, 1.82) is 0 Å². The van der Waals surface area contributed by atoms with Crippen molar-refractivity contribution in [2.75, 3.05) is 0 Å². The first kappa shape index (κ1) is 15.3. The summed E-state index contributed by atoms with van der Waals surface area (Å²) in [6, 6.07) is 3.36. The zero-order chi connectivity index (χ0) is 15.5. The topological polar surface area (TPSA) is 80.3 Å². The molecule has 2 rings (SSSR count). The van der Waals surface area contributed by atoms with Crippen LogP contribution in [0, 0.1) is 5.41 Å². The molecule has 6 nitrogen and oxygen atoms in total. The van der Waals surface area contributed by atoms with Gasteiger partial charge in [0.2, 0.25) is 5.76 Å². The van der Waals surface area contributed by atoms with E-state index >= 15 is 0 Å². The molecule has 114 valence electrons. The van der Waals surface area contributed by atoms with Crippen LogP contribution >= 0.6 is 0 Å². The predicted molar refractivity (Wildman–Crippen MR) is 78.0 cm³/mol. The second kappa shape index (κ2) is 6.13. The van der Waals surface area contributed by atoms with E-state index in [1.165, 1.54) is 6.07 Å². The smallest absolute Gasteiger partial charge is 0.371 e. The standard InChI is InChI=1S/C15H21N3O3/c1-15(2,3)13(9-18-7-6-16-10-18)17-8-11-4-5-12(21-11)14(19)20/h4-7,10,13,17H,8-9H2,1-3H3,(H,19,20). The monoisotopic (exact) mass is 291 g/mol. The molecule has 0 saturated heterocycles. The van der Waals surface area contributed by atoms with Gasteiger partial charge >= 0.3 is 5.97 Å². The summed E-state index contributed by atoms with van der Waals surface area (Å²) in [5.41, 5.74) is 0.0481. The van der Waals surface area contributed by atoms with Crippen molar-refractivity contribution < 1.29 is 14.3 Å². The Kier molecular flexibility index (Phi) is 4.47. The number of imidazole rings is 1. The van der Waals surface area contributed by atoms with Crippen LogP contribution < -0.4 is 5.32 Å². The summed E-state index contributed by atoms with van der Waals surface area (Å²) in [5, 5.41) is 12.3. The maximum Gasteiger partial charge on any atom is 0.371 e. The van der Waals surface area contributed by atoms with E-state index in [2.05, 4.69) is 31.1 Å². The fourth-order valence-electron chi connectivity index (χ4n) is 2.06. The highest BCUT2D eigenvalue weighted by molar-refractivity contribution is 5.84. The third-order valence-corrected chi connectivity index (χ3v) is 3.39. The van der Waals surface area contributed by atoms with Gasteiger partial charge in [-0.1, -0.05) is 20.8 Å². The molecule has 0 fully saturated rings. The van der Waals surface area contributed by atoms with E-state index in [9.17, 15) is 4.79 Å². The Hall–Kier alpha value is -2.08. The lowest BCUT2D eigenvalue weighted by Crippen LogP contribution is -2.42. The number of nitrogens with zero attached hydrogens (tertiary/aromatic N) is 2. The predicted octanol–water partition coefficient (Wildman–Crippen LogP) is 2.38. The second-order valence-electron chi connectivity index (χ2n) is 6.13. The Labute approximate surface area is 123 Å².